The number of nitrogens with zero attached hydrogens (tertiary/aromatic N) is 1. The molecule has 0 bridgehead atoms. The van der Waals surface area contributed by atoms with Gasteiger partial charge >= 0.3 is 0 Å². The minimum Gasteiger partial charge on any atom is -0.364 e. The van der Waals surface area contributed by atoms with Crippen molar-refractivity contribution in [1.29, 1.82) is 0 Å². The van der Waals surface area contributed by atoms with Gasteiger partial charge in [-0.15, -0.1) is 0 Å². The maximum atomic E-state index is 14.6. The molecule has 6 nitrogen and oxygen atoms in total. The molecule has 4 aromatic rings. The van der Waals surface area contributed by atoms with Crippen molar-refractivity contribution in [3.63, 3.8) is 0 Å². The zero-order chi connectivity index (χ0) is 24.8. The Morgan fingerprint density at radius 3 is 2.38 bits per heavy atom. The first-order valence-corrected chi connectivity index (χ1v) is 12.3. The summed E-state index contributed by atoms with van der Waals surface area (Å²) in [6.45, 7) is 3.64. The molecular formula is C25H23F2N3O3S. The van der Waals surface area contributed by atoms with Crippen molar-refractivity contribution in [2.24, 2.45) is 5.73 Å². The number of primary amides is 1. The molecule has 0 saturated heterocycles. The Hall–Kier alpha value is -3.72. The molecule has 0 atom stereocenters. The summed E-state index contributed by atoms with van der Waals surface area (Å²) in [5.41, 5.74) is 7.53. The smallest absolute Gasteiger partial charge is 0.265 e. The van der Waals surface area contributed by atoms with Crippen LogP contribution in [0.4, 0.5) is 14.5 Å². The van der Waals surface area contributed by atoms with Gasteiger partial charge in [0.25, 0.3) is 5.91 Å². The van der Waals surface area contributed by atoms with Gasteiger partial charge in [0.05, 0.1) is 17.5 Å². The third-order valence-corrected chi connectivity index (χ3v) is 6.40. The Bertz CT molecular complexity index is 1540. The molecule has 0 aliphatic carbocycles. The Morgan fingerprint density at radius 2 is 1.74 bits per heavy atom. The van der Waals surface area contributed by atoms with Gasteiger partial charge in [0.2, 0.25) is 10.0 Å². The van der Waals surface area contributed by atoms with Crippen LogP contribution in [-0.2, 0) is 15.4 Å². The molecule has 4 rings (SSSR count). The zero-order valence-electron chi connectivity index (χ0n) is 18.8. The fraction of sp³-hybridized carbons (Fsp3) is 0.160. The molecular weight excluding hydrogens is 460 g/mol. The number of halogens is 2. The predicted octanol–water partition coefficient (Wildman–Crippen LogP) is 4.71. The molecule has 1 heterocycles. The van der Waals surface area contributed by atoms with Gasteiger partial charge in [-0.1, -0.05) is 38.1 Å². The number of carbonyl (C=O) groups excluding carboxylic acids is 1. The lowest BCUT2D eigenvalue weighted by Crippen LogP contribution is -2.21. The molecule has 0 saturated carbocycles. The Labute approximate surface area is 196 Å². The van der Waals surface area contributed by atoms with E-state index in [0.29, 0.717) is 27.8 Å². The molecule has 1 amide bonds. The van der Waals surface area contributed by atoms with E-state index in [-0.39, 0.29) is 5.69 Å². The van der Waals surface area contributed by atoms with E-state index in [1.807, 2.05) is 19.9 Å². The lowest BCUT2D eigenvalue weighted by Gasteiger charge is -2.27. The van der Waals surface area contributed by atoms with Gasteiger partial charge in [-0.05, 0) is 47.5 Å². The van der Waals surface area contributed by atoms with Crippen LogP contribution in [0.15, 0.2) is 66.7 Å². The first-order valence-electron chi connectivity index (χ1n) is 10.4. The summed E-state index contributed by atoms with van der Waals surface area (Å²) in [6.07, 6.45) is 1.05. The second-order valence-electron chi connectivity index (χ2n) is 8.68. The average molecular weight is 484 g/mol. The van der Waals surface area contributed by atoms with Gasteiger partial charge in [-0.2, -0.15) is 0 Å². The van der Waals surface area contributed by atoms with Crippen LogP contribution in [0, 0.1) is 11.6 Å². The molecule has 0 aliphatic heterocycles. The van der Waals surface area contributed by atoms with Gasteiger partial charge in [0.1, 0.15) is 17.3 Å². The number of hydrogen-bond acceptors (Lipinski definition) is 3. The minimum absolute atomic E-state index is 0.203. The highest BCUT2D eigenvalue weighted by Gasteiger charge is 2.27. The number of nitrogens with one attached hydrogen (secondary N) is 1. The molecule has 1 aromatic heterocycles. The number of sulfonamides is 1. The maximum Gasteiger partial charge on any atom is 0.265 e. The van der Waals surface area contributed by atoms with Crippen LogP contribution in [0.2, 0.25) is 0 Å². The monoisotopic (exact) mass is 483 g/mol. The summed E-state index contributed by atoms with van der Waals surface area (Å²) in [6, 6.07) is 17.1. The predicted molar refractivity (Wildman–Crippen MR) is 129 cm³/mol. The maximum absolute atomic E-state index is 14.6. The Morgan fingerprint density at radius 1 is 1.00 bits per heavy atom. The molecule has 0 aliphatic rings. The summed E-state index contributed by atoms with van der Waals surface area (Å²) in [4.78, 5) is 12.3. The highest BCUT2D eigenvalue weighted by atomic mass is 32.2. The van der Waals surface area contributed by atoms with Gasteiger partial charge in [0, 0.05) is 22.6 Å². The van der Waals surface area contributed by atoms with E-state index in [2.05, 4.69) is 4.72 Å². The van der Waals surface area contributed by atoms with Crippen molar-refractivity contribution in [1.82, 2.24) is 4.57 Å². The van der Waals surface area contributed by atoms with Crippen molar-refractivity contribution < 1.29 is 22.0 Å². The topological polar surface area (TPSA) is 94.2 Å². The van der Waals surface area contributed by atoms with Crippen LogP contribution in [0.1, 0.15) is 35.5 Å². The standard InChI is InChI=1S/C25H23F2N3O3S/c1-25(2,20-10-8-17(26)13-21(20)27)16-5-4-6-19(12-16)30-22-14-18(29-34(3,32)33)9-7-15(22)11-23(30)24(28)31/h4-14,29H,1-3H3,(H2,28,31). The van der Waals surface area contributed by atoms with Gasteiger partial charge in [-0.25, -0.2) is 17.2 Å². The van der Waals surface area contributed by atoms with Crippen LogP contribution in [-0.4, -0.2) is 25.1 Å². The van der Waals surface area contributed by atoms with Crippen molar-refractivity contribution in [2.75, 3.05) is 11.0 Å². The van der Waals surface area contributed by atoms with E-state index in [0.717, 1.165) is 17.9 Å². The summed E-state index contributed by atoms with van der Waals surface area (Å²) >= 11 is 0. The highest BCUT2D eigenvalue weighted by molar-refractivity contribution is 7.92. The number of aromatic nitrogens is 1. The number of nitrogens with two attached hydrogens (primary N) is 1. The number of fused-ring (bicyclic) bond motifs is 1. The van der Waals surface area contributed by atoms with Crippen LogP contribution in [0.25, 0.3) is 16.6 Å². The lowest BCUT2D eigenvalue weighted by molar-refractivity contribution is 0.0994. The van der Waals surface area contributed by atoms with E-state index in [9.17, 15) is 22.0 Å². The summed E-state index contributed by atoms with van der Waals surface area (Å²) in [7, 11) is -3.51. The van der Waals surface area contributed by atoms with E-state index in [4.69, 9.17) is 5.73 Å². The van der Waals surface area contributed by atoms with Gasteiger partial charge in [0.15, 0.2) is 0 Å². The van der Waals surface area contributed by atoms with Crippen molar-refractivity contribution in [3.05, 3.63) is 95.2 Å². The number of anilines is 1. The first kappa shape index (κ1) is 23.4. The van der Waals surface area contributed by atoms with Gasteiger partial charge < -0.3 is 10.3 Å². The normalized spacial score (nSPS) is 12.1. The van der Waals surface area contributed by atoms with Crippen LogP contribution in [0.3, 0.4) is 0 Å². The molecule has 9 heteroatoms. The summed E-state index contributed by atoms with van der Waals surface area (Å²) in [5.74, 6) is -1.98. The Kier molecular flexibility index (Phi) is 5.69. The molecule has 3 N–H and O–H groups in total. The molecule has 34 heavy (non-hydrogen) atoms. The lowest BCUT2D eigenvalue weighted by atomic mass is 9.77. The molecule has 0 radical (unpaired) electrons. The number of benzene rings is 3. The molecule has 176 valence electrons. The Balaban J connectivity index is 1.91. The first-order chi connectivity index (χ1) is 15.9. The zero-order valence-corrected chi connectivity index (χ0v) is 19.6. The SMILES string of the molecule is CC(C)(c1cccc(-n2c(C(N)=O)cc3ccc(NS(C)(=O)=O)cc32)c1)c1ccc(F)cc1F. The number of hydrogen-bond donors (Lipinski definition) is 2. The second-order valence-corrected chi connectivity index (χ2v) is 10.4. The highest BCUT2D eigenvalue weighted by Crippen LogP contribution is 2.35. The van der Waals surface area contributed by atoms with Crippen LogP contribution >= 0.6 is 0 Å². The minimum atomic E-state index is -3.51. The summed E-state index contributed by atoms with van der Waals surface area (Å²) in [5, 5.41) is 0.682. The van der Waals surface area contributed by atoms with Crippen molar-refractivity contribution in [3.8, 4) is 5.69 Å². The number of rotatable bonds is 6. The molecule has 0 unspecified atom stereocenters. The summed E-state index contributed by atoms with van der Waals surface area (Å²) < 4.78 is 55.5. The third-order valence-electron chi connectivity index (χ3n) is 5.79. The van der Waals surface area contributed by atoms with Crippen LogP contribution < -0.4 is 10.5 Å². The number of carbonyl (C=O) groups is 1. The largest absolute Gasteiger partial charge is 0.364 e. The number of amides is 1. The fourth-order valence-corrected chi connectivity index (χ4v) is 4.68. The average Bonchev–Trinajstić information content (AvgIpc) is 3.11. The van der Waals surface area contributed by atoms with Crippen molar-refractivity contribution in [2.45, 2.75) is 19.3 Å². The van der Waals surface area contributed by atoms with E-state index in [1.165, 1.54) is 12.1 Å². The second kappa shape index (κ2) is 8.25. The van der Waals surface area contributed by atoms with E-state index >= 15 is 0 Å². The van der Waals surface area contributed by atoms with E-state index in [1.54, 1.807) is 47.0 Å². The quantitative estimate of drug-likeness (QED) is 0.416. The van der Waals surface area contributed by atoms with E-state index < -0.39 is 33.0 Å². The fourth-order valence-electron chi connectivity index (χ4n) is 4.12. The van der Waals surface area contributed by atoms with Crippen molar-refractivity contribution >= 4 is 32.5 Å². The molecule has 0 spiro atoms. The molecule has 0 fully saturated rings. The van der Waals surface area contributed by atoms with Gasteiger partial charge in [-0.3, -0.25) is 9.52 Å². The van der Waals surface area contributed by atoms with Crippen LogP contribution in [0.5, 0.6) is 0 Å². The molecule has 3 aromatic carbocycles. The third kappa shape index (κ3) is 4.38.